The number of halogens is 1. The van der Waals surface area contributed by atoms with Gasteiger partial charge in [-0.15, -0.1) is 0 Å². The predicted molar refractivity (Wildman–Crippen MR) is 54.3 cm³/mol. The Kier molecular flexibility index (Phi) is 2.07. The second kappa shape index (κ2) is 3.07. The van der Waals surface area contributed by atoms with Gasteiger partial charge in [0.15, 0.2) is 0 Å². The predicted octanol–water partition coefficient (Wildman–Crippen LogP) is 1.60. The molecule has 3 heteroatoms. The van der Waals surface area contributed by atoms with Gasteiger partial charge in [-0.3, -0.25) is 0 Å². The molecule has 1 fully saturated rings. The second-order valence-corrected chi connectivity index (χ2v) is 3.94. The molecule has 0 bridgehead atoms. The van der Waals surface area contributed by atoms with Gasteiger partial charge in [0.25, 0.3) is 0 Å². The summed E-state index contributed by atoms with van der Waals surface area (Å²) in [6.07, 6.45) is 0. The van der Waals surface area contributed by atoms with Crippen molar-refractivity contribution < 1.29 is 0 Å². The normalized spacial score (nSPS) is 21.2. The Morgan fingerprint density at radius 3 is 3.00 bits per heavy atom. The lowest BCUT2D eigenvalue weighted by molar-refractivity contribution is 0.967. The second-order valence-electron chi connectivity index (χ2n) is 3.02. The third-order valence-corrected chi connectivity index (χ3v) is 2.62. The molecule has 0 aliphatic carbocycles. The summed E-state index contributed by atoms with van der Waals surface area (Å²) in [5.41, 5.74) is 6.81. The van der Waals surface area contributed by atoms with Crippen LogP contribution in [0.4, 0.5) is 5.69 Å². The quantitative estimate of drug-likeness (QED) is 0.777. The van der Waals surface area contributed by atoms with Gasteiger partial charge in [-0.25, -0.2) is 0 Å². The first kappa shape index (κ1) is 8.08. The molecule has 2 nitrogen and oxygen atoms in total. The molecule has 1 aromatic carbocycles. The average Bonchev–Trinajstić information content (AvgIpc) is 2.83. The highest BCUT2D eigenvalue weighted by atomic mass is 79.9. The van der Waals surface area contributed by atoms with E-state index in [2.05, 4.69) is 33.0 Å². The van der Waals surface area contributed by atoms with E-state index in [0.717, 1.165) is 17.6 Å². The summed E-state index contributed by atoms with van der Waals surface area (Å²) in [6, 6.07) is 8.88. The highest BCUT2D eigenvalue weighted by molar-refractivity contribution is 9.10. The van der Waals surface area contributed by atoms with Gasteiger partial charge in [-0.05, 0) is 18.2 Å². The summed E-state index contributed by atoms with van der Waals surface area (Å²) in [6.45, 7) is 1.86. The fraction of sp³-hybridized carbons (Fsp3) is 0.333. The third kappa shape index (κ3) is 1.47. The molecule has 0 saturated carbocycles. The zero-order valence-electron chi connectivity index (χ0n) is 6.70. The molecule has 0 radical (unpaired) electrons. The maximum atomic E-state index is 5.55. The van der Waals surface area contributed by atoms with Crippen LogP contribution in [0.5, 0.6) is 0 Å². The van der Waals surface area contributed by atoms with Crippen molar-refractivity contribution in [2.75, 3.05) is 18.0 Å². The summed E-state index contributed by atoms with van der Waals surface area (Å²) < 4.78 is 1.13. The van der Waals surface area contributed by atoms with Gasteiger partial charge in [-0.2, -0.15) is 0 Å². The molecular weight excluding hydrogens is 216 g/mol. The molecule has 0 spiro atoms. The maximum absolute atomic E-state index is 5.55. The zero-order valence-corrected chi connectivity index (χ0v) is 8.29. The van der Waals surface area contributed by atoms with Gasteiger partial charge in [0.2, 0.25) is 0 Å². The first-order chi connectivity index (χ1) is 5.81. The SMILES string of the molecule is NCC1CN1c1cccc(Br)c1. The number of rotatable bonds is 2. The zero-order chi connectivity index (χ0) is 8.55. The van der Waals surface area contributed by atoms with Crippen molar-refractivity contribution in [3.63, 3.8) is 0 Å². The van der Waals surface area contributed by atoms with Crippen molar-refractivity contribution >= 4 is 21.6 Å². The van der Waals surface area contributed by atoms with E-state index < -0.39 is 0 Å². The fourth-order valence-electron chi connectivity index (χ4n) is 1.35. The number of anilines is 1. The standard InChI is InChI=1S/C9H11BrN2/c10-7-2-1-3-8(4-7)12-6-9(12)5-11/h1-4,9H,5-6,11H2. The Hall–Kier alpha value is -0.540. The van der Waals surface area contributed by atoms with Crippen LogP contribution in [0.15, 0.2) is 28.7 Å². The number of nitrogens with two attached hydrogens (primary N) is 1. The first-order valence-corrected chi connectivity index (χ1v) is 4.83. The molecule has 1 aliphatic heterocycles. The minimum absolute atomic E-state index is 0.569. The van der Waals surface area contributed by atoms with E-state index >= 15 is 0 Å². The summed E-state index contributed by atoms with van der Waals surface area (Å²) in [7, 11) is 0. The lowest BCUT2D eigenvalue weighted by atomic mass is 10.3. The van der Waals surface area contributed by atoms with E-state index in [0.29, 0.717) is 6.04 Å². The van der Waals surface area contributed by atoms with E-state index in [-0.39, 0.29) is 0 Å². The Labute approximate surface area is 80.5 Å². The number of hydrogen-bond donors (Lipinski definition) is 1. The van der Waals surface area contributed by atoms with Crippen LogP contribution in [0.1, 0.15) is 0 Å². The molecule has 2 N–H and O–H groups in total. The van der Waals surface area contributed by atoms with Crippen LogP contribution in [0.25, 0.3) is 0 Å². The Morgan fingerprint density at radius 1 is 1.58 bits per heavy atom. The molecule has 1 heterocycles. The molecule has 2 rings (SSSR count). The van der Waals surface area contributed by atoms with Crippen LogP contribution < -0.4 is 10.6 Å². The van der Waals surface area contributed by atoms with E-state index in [4.69, 9.17) is 5.73 Å². The van der Waals surface area contributed by atoms with Gasteiger partial charge in [-0.1, -0.05) is 22.0 Å². The van der Waals surface area contributed by atoms with Gasteiger partial charge in [0, 0.05) is 23.2 Å². The number of hydrogen-bond acceptors (Lipinski definition) is 2. The Morgan fingerprint density at radius 2 is 2.42 bits per heavy atom. The molecule has 1 saturated heterocycles. The third-order valence-electron chi connectivity index (χ3n) is 2.13. The summed E-state index contributed by atoms with van der Waals surface area (Å²) in [5, 5.41) is 0. The lowest BCUT2D eigenvalue weighted by Crippen LogP contribution is -2.11. The minimum atomic E-state index is 0.569. The van der Waals surface area contributed by atoms with Gasteiger partial charge >= 0.3 is 0 Å². The van der Waals surface area contributed by atoms with Crippen LogP contribution in [-0.2, 0) is 0 Å². The Bertz CT molecular complexity index is 288. The van der Waals surface area contributed by atoms with Crippen molar-refractivity contribution in [2.24, 2.45) is 5.73 Å². The molecule has 1 aliphatic rings. The summed E-state index contributed by atoms with van der Waals surface area (Å²) >= 11 is 3.44. The first-order valence-electron chi connectivity index (χ1n) is 4.03. The van der Waals surface area contributed by atoms with Crippen LogP contribution in [0.2, 0.25) is 0 Å². The van der Waals surface area contributed by atoms with E-state index in [1.165, 1.54) is 5.69 Å². The van der Waals surface area contributed by atoms with Crippen molar-refractivity contribution in [3.05, 3.63) is 28.7 Å². The van der Waals surface area contributed by atoms with E-state index in [1.54, 1.807) is 0 Å². The average molecular weight is 227 g/mol. The number of benzene rings is 1. The number of nitrogens with zero attached hydrogens (tertiary/aromatic N) is 1. The maximum Gasteiger partial charge on any atom is 0.0588 e. The van der Waals surface area contributed by atoms with Crippen molar-refractivity contribution in [1.82, 2.24) is 0 Å². The van der Waals surface area contributed by atoms with Gasteiger partial charge in [0.1, 0.15) is 0 Å². The highest BCUT2D eigenvalue weighted by Gasteiger charge is 2.32. The molecule has 1 unspecified atom stereocenters. The lowest BCUT2D eigenvalue weighted by Gasteiger charge is -2.04. The fourth-order valence-corrected chi connectivity index (χ4v) is 1.74. The van der Waals surface area contributed by atoms with Crippen LogP contribution in [-0.4, -0.2) is 19.1 Å². The summed E-state index contributed by atoms with van der Waals surface area (Å²) in [4.78, 5) is 2.30. The molecule has 0 amide bonds. The summed E-state index contributed by atoms with van der Waals surface area (Å²) in [5.74, 6) is 0. The smallest absolute Gasteiger partial charge is 0.0588 e. The molecule has 64 valence electrons. The van der Waals surface area contributed by atoms with Crippen LogP contribution in [0.3, 0.4) is 0 Å². The van der Waals surface area contributed by atoms with E-state index in [9.17, 15) is 0 Å². The largest absolute Gasteiger partial charge is 0.363 e. The van der Waals surface area contributed by atoms with Crippen LogP contribution in [0, 0.1) is 0 Å². The monoisotopic (exact) mass is 226 g/mol. The molecular formula is C9H11BrN2. The van der Waals surface area contributed by atoms with Gasteiger partial charge < -0.3 is 10.6 Å². The molecule has 1 atom stereocenters. The molecule has 0 aromatic heterocycles. The topological polar surface area (TPSA) is 29.0 Å². The molecule has 1 aromatic rings. The van der Waals surface area contributed by atoms with Crippen molar-refractivity contribution in [3.8, 4) is 0 Å². The highest BCUT2D eigenvalue weighted by Crippen LogP contribution is 2.28. The van der Waals surface area contributed by atoms with Crippen LogP contribution >= 0.6 is 15.9 Å². The van der Waals surface area contributed by atoms with Crippen molar-refractivity contribution in [1.29, 1.82) is 0 Å². The van der Waals surface area contributed by atoms with Crippen molar-refractivity contribution in [2.45, 2.75) is 6.04 Å². The minimum Gasteiger partial charge on any atom is -0.363 e. The Balaban J connectivity index is 2.14. The van der Waals surface area contributed by atoms with Gasteiger partial charge in [0.05, 0.1) is 6.04 Å². The van der Waals surface area contributed by atoms with E-state index in [1.807, 2.05) is 12.1 Å². The molecule has 12 heavy (non-hydrogen) atoms.